The van der Waals surface area contributed by atoms with E-state index >= 15 is 0 Å². The lowest BCUT2D eigenvalue weighted by atomic mass is 10.3. The van der Waals surface area contributed by atoms with Crippen LogP contribution in [0.5, 0.6) is 5.75 Å². The number of ether oxygens (including phenoxy) is 1. The molecule has 6 heteroatoms. The number of amidine groups is 1. The number of hydrogen-bond donors (Lipinski definition) is 3. The molecule has 92 valence electrons. The molecule has 0 spiro atoms. The van der Waals surface area contributed by atoms with E-state index in [1.807, 2.05) is 12.4 Å². The van der Waals surface area contributed by atoms with E-state index in [2.05, 4.69) is 10.1 Å². The predicted molar refractivity (Wildman–Crippen MR) is 66.9 cm³/mol. The summed E-state index contributed by atoms with van der Waals surface area (Å²) >= 11 is 0. The standard InChI is InChI=1S/C11H16N4O2/c1-3-17-10-6-4-9(5-7-10)13-11(15-16)8(2)14-12/h4-7,16H,3,12H2,1-2H3,(H,13,15)/b14-8+. The van der Waals surface area contributed by atoms with Crippen LogP contribution in [-0.2, 0) is 0 Å². The maximum Gasteiger partial charge on any atom is 0.173 e. The first-order valence-electron chi connectivity index (χ1n) is 5.17. The number of nitrogens with one attached hydrogen (secondary N) is 1. The Bertz CT molecular complexity index is 412. The zero-order valence-corrected chi connectivity index (χ0v) is 9.84. The van der Waals surface area contributed by atoms with Crippen molar-refractivity contribution in [2.75, 3.05) is 6.61 Å². The second kappa shape index (κ2) is 6.49. The average molecular weight is 236 g/mol. The van der Waals surface area contributed by atoms with Crippen molar-refractivity contribution in [1.29, 1.82) is 0 Å². The fourth-order valence-electron chi connectivity index (χ4n) is 1.16. The number of nitrogens with two attached hydrogens (primary N) is 1. The second-order valence-corrected chi connectivity index (χ2v) is 3.21. The van der Waals surface area contributed by atoms with E-state index in [0.717, 1.165) is 5.75 Å². The van der Waals surface area contributed by atoms with Gasteiger partial charge in [0, 0.05) is 0 Å². The molecule has 1 aromatic rings. The molecule has 0 heterocycles. The van der Waals surface area contributed by atoms with Gasteiger partial charge in [-0.05, 0) is 38.1 Å². The summed E-state index contributed by atoms with van der Waals surface area (Å²) in [6, 6.07) is 7.14. The van der Waals surface area contributed by atoms with Gasteiger partial charge in [-0.25, -0.2) is 4.99 Å². The molecule has 0 aliphatic heterocycles. The van der Waals surface area contributed by atoms with Crippen LogP contribution in [0.4, 0.5) is 5.69 Å². The molecular weight excluding hydrogens is 220 g/mol. The number of benzene rings is 1. The molecule has 0 unspecified atom stereocenters. The van der Waals surface area contributed by atoms with E-state index in [0.29, 0.717) is 18.0 Å². The summed E-state index contributed by atoms with van der Waals surface area (Å²) in [4.78, 5) is 4.14. The van der Waals surface area contributed by atoms with Crippen LogP contribution in [0.3, 0.4) is 0 Å². The minimum absolute atomic E-state index is 0.205. The maximum absolute atomic E-state index is 8.89. The molecule has 0 atom stereocenters. The molecule has 0 radical (unpaired) electrons. The van der Waals surface area contributed by atoms with Crippen molar-refractivity contribution < 1.29 is 9.94 Å². The molecule has 1 rings (SSSR count). The van der Waals surface area contributed by atoms with Crippen molar-refractivity contribution in [2.45, 2.75) is 13.8 Å². The molecule has 0 bridgehead atoms. The number of aliphatic imine (C=N–C) groups is 1. The maximum atomic E-state index is 8.89. The van der Waals surface area contributed by atoms with Gasteiger partial charge in [-0.15, -0.1) is 0 Å². The SMILES string of the molecule is CCOc1ccc(N=C(NO)/C(C)=N/N)cc1. The topological polar surface area (TPSA) is 92.2 Å². The lowest BCUT2D eigenvalue weighted by Crippen LogP contribution is -2.27. The van der Waals surface area contributed by atoms with Crippen LogP contribution in [-0.4, -0.2) is 23.4 Å². The van der Waals surface area contributed by atoms with E-state index in [1.54, 1.807) is 31.2 Å². The summed E-state index contributed by atoms with van der Waals surface area (Å²) in [6.45, 7) is 4.17. The van der Waals surface area contributed by atoms with Crippen LogP contribution in [0, 0.1) is 0 Å². The Morgan fingerprint density at radius 2 is 2.06 bits per heavy atom. The van der Waals surface area contributed by atoms with Gasteiger partial charge in [-0.1, -0.05) is 0 Å². The quantitative estimate of drug-likeness (QED) is 0.319. The molecule has 4 N–H and O–H groups in total. The normalized spacial score (nSPS) is 12.4. The predicted octanol–water partition coefficient (Wildman–Crippen LogP) is 1.43. The zero-order chi connectivity index (χ0) is 12.7. The van der Waals surface area contributed by atoms with Gasteiger partial charge in [-0.3, -0.25) is 10.7 Å². The van der Waals surface area contributed by atoms with Gasteiger partial charge >= 0.3 is 0 Å². The molecule has 17 heavy (non-hydrogen) atoms. The summed E-state index contributed by atoms with van der Waals surface area (Å²) < 4.78 is 5.30. The molecule has 6 nitrogen and oxygen atoms in total. The van der Waals surface area contributed by atoms with Crippen molar-refractivity contribution in [3.63, 3.8) is 0 Å². The van der Waals surface area contributed by atoms with Crippen LogP contribution >= 0.6 is 0 Å². The number of nitrogens with zero attached hydrogens (tertiary/aromatic N) is 2. The summed E-state index contributed by atoms with van der Waals surface area (Å²) in [5.74, 6) is 6.08. The molecule has 0 fully saturated rings. The van der Waals surface area contributed by atoms with Crippen molar-refractivity contribution in [3.05, 3.63) is 24.3 Å². The summed E-state index contributed by atoms with van der Waals surface area (Å²) in [5.41, 5.74) is 3.01. The molecule has 0 aliphatic rings. The van der Waals surface area contributed by atoms with E-state index < -0.39 is 0 Å². The Hall–Kier alpha value is -2.08. The van der Waals surface area contributed by atoms with Crippen LogP contribution in [0.15, 0.2) is 34.4 Å². The smallest absolute Gasteiger partial charge is 0.173 e. The minimum atomic E-state index is 0.205. The molecule has 0 amide bonds. The summed E-state index contributed by atoms with van der Waals surface area (Å²) in [6.07, 6.45) is 0. The van der Waals surface area contributed by atoms with Gasteiger partial charge in [0.1, 0.15) is 11.5 Å². The average Bonchev–Trinajstić information content (AvgIpc) is 2.37. The monoisotopic (exact) mass is 236 g/mol. The lowest BCUT2D eigenvalue weighted by molar-refractivity contribution is 0.236. The molecule has 1 aromatic carbocycles. The third kappa shape index (κ3) is 3.76. The summed E-state index contributed by atoms with van der Waals surface area (Å²) in [5, 5.41) is 12.3. The lowest BCUT2D eigenvalue weighted by Gasteiger charge is -2.04. The van der Waals surface area contributed by atoms with E-state index in [9.17, 15) is 0 Å². The molecular formula is C11H16N4O2. The van der Waals surface area contributed by atoms with Crippen LogP contribution in [0.1, 0.15) is 13.8 Å². The van der Waals surface area contributed by atoms with Crippen molar-refractivity contribution >= 4 is 17.2 Å². The largest absolute Gasteiger partial charge is 0.494 e. The number of hydrogen-bond acceptors (Lipinski definition) is 5. The molecule has 0 saturated carbocycles. The Labute approximate surface area is 99.8 Å². The Balaban J connectivity index is 2.89. The Kier molecular flexibility index (Phi) is 4.96. The highest BCUT2D eigenvalue weighted by molar-refractivity contribution is 6.40. The highest BCUT2D eigenvalue weighted by atomic mass is 16.5. The molecule has 0 aliphatic carbocycles. The zero-order valence-electron chi connectivity index (χ0n) is 9.84. The van der Waals surface area contributed by atoms with E-state index in [1.165, 1.54) is 0 Å². The van der Waals surface area contributed by atoms with Crippen LogP contribution < -0.4 is 16.1 Å². The van der Waals surface area contributed by atoms with Gasteiger partial charge in [0.05, 0.1) is 12.3 Å². The van der Waals surface area contributed by atoms with Crippen molar-refractivity contribution in [1.82, 2.24) is 5.48 Å². The third-order valence-electron chi connectivity index (χ3n) is 2.03. The first-order valence-corrected chi connectivity index (χ1v) is 5.17. The van der Waals surface area contributed by atoms with Gasteiger partial charge in [0.25, 0.3) is 0 Å². The first-order chi connectivity index (χ1) is 8.21. The molecule has 0 aromatic heterocycles. The van der Waals surface area contributed by atoms with Crippen LogP contribution in [0.25, 0.3) is 0 Å². The molecule has 0 saturated heterocycles. The van der Waals surface area contributed by atoms with E-state index in [4.69, 9.17) is 15.8 Å². The highest BCUT2D eigenvalue weighted by Crippen LogP contribution is 2.18. The number of hydrazone groups is 1. The highest BCUT2D eigenvalue weighted by Gasteiger charge is 2.02. The minimum Gasteiger partial charge on any atom is -0.494 e. The Morgan fingerprint density at radius 1 is 1.41 bits per heavy atom. The first kappa shape index (κ1) is 13.0. The number of hydroxylamine groups is 1. The summed E-state index contributed by atoms with van der Waals surface area (Å²) in [7, 11) is 0. The Morgan fingerprint density at radius 3 is 2.53 bits per heavy atom. The van der Waals surface area contributed by atoms with Crippen molar-refractivity contribution in [2.24, 2.45) is 15.9 Å². The van der Waals surface area contributed by atoms with Gasteiger partial charge in [0.15, 0.2) is 5.84 Å². The van der Waals surface area contributed by atoms with E-state index in [-0.39, 0.29) is 5.84 Å². The fourth-order valence-corrected chi connectivity index (χ4v) is 1.16. The van der Waals surface area contributed by atoms with Gasteiger partial charge < -0.3 is 10.6 Å². The van der Waals surface area contributed by atoms with Crippen molar-refractivity contribution in [3.8, 4) is 5.75 Å². The van der Waals surface area contributed by atoms with Crippen LogP contribution in [0.2, 0.25) is 0 Å². The third-order valence-corrected chi connectivity index (χ3v) is 2.03. The number of rotatable bonds is 4. The second-order valence-electron chi connectivity index (χ2n) is 3.21. The van der Waals surface area contributed by atoms with Gasteiger partial charge in [0.2, 0.25) is 0 Å². The fraction of sp³-hybridized carbons (Fsp3) is 0.273. The van der Waals surface area contributed by atoms with Gasteiger partial charge in [-0.2, -0.15) is 5.10 Å².